The summed E-state index contributed by atoms with van der Waals surface area (Å²) >= 11 is 0. The van der Waals surface area contributed by atoms with Gasteiger partial charge in [0.15, 0.2) is 0 Å². The van der Waals surface area contributed by atoms with Crippen molar-refractivity contribution in [1.82, 2.24) is 14.9 Å². The molecule has 1 saturated heterocycles. The molecule has 34 heavy (non-hydrogen) atoms. The molecule has 2 unspecified atom stereocenters. The Labute approximate surface area is 197 Å². The molecule has 2 aliphatic rings. The van der Waals surface area contributed by atoms with E-state index in [1.54, 1.807) is 35.6 Å². The predicted octanol–water partition coefficient (Wildman–Crippen LogP) is 2.91. The van der Waals surface area contributed by atoms with Crippen molar-refractivity contribution in [2.75, 3.05) is 36.5 Å². The highest BCUT2D eigenvalue weighted by atomic mass is 16.6. The summed E-state index contributed by atoms with van der Waals surface area (Å²) in [5.74, 6) is 0.500. The molecule has 0 saturated carbocycles. The van der Waals surface area contributed by atoms with Crippen molar-refractivity contribution in [1.29, 1.82) is 0 Å². The van der Waals surface area contributed by atoms with Crippen LogP contribution in [0.25, 0.3) is 0 Å². The maximum absolute atomic E-state index is 13.7. The van der Waals surface area contributed by atoms with Crippen LogP contribution in [0.2, 0.25) is 0 Å². The fraction of sp³-hybridized carbons (Fsp3) is 0.320. The average molecular weight is 459 g/mol. The highest BCUT2D eigenvalue weighted by molar-refractivity contribution is 5.82. The van der Waals surface area contributed by atoms with Crippen molar-refractivity contribution < 1.29 is 9.72 Å². The topological polar surface area (TPSA) is 95.7 Å². The van der Waals surface area contributed by atoms with Crippen molar-refractivity contribution in [3.63, 3.8) is 0 Å². The van der Waals surface area contributed by atoms with Crippen LogP contribution in [0.5, 0.6) is 0 Å². The van der Waals surface area contributed by atoms with Gasteiger partial charge in [-0.25, -0.2) is 4.98 Å². The zero-order valence-corrected chi connectivity index (χ0v) is 18.9. The van der Waals surface area contributed by atoms with Crippen LogP contribution >= 0.6 is 0 Å². The molecule has 2 aliphatic heterocycles. The molecule has 1 amide bonds. The van der Waals surface area contributed by atoms with Gasteiger partial charge >= 0.3 is 0 Å². The highest BCUT2D eigenvalue weighted by Gasteiger charge is 2.43. The molecule has 5 rings (SSSR count). The van der Waals surface area contributed by atoms with Gasteiger partial charge in [0.2, 0.25) is 5.91 Å². The first-order valence-electron chi connectivity index (χ1n) is 11.3. The molecular weight excluding hydrogens is 432 g/mol. The standard InChI is InChI=1S/C25H26N6O3/c1-28(16-18-5-3-2-4-6-18)25(32)21-14-19-13-20(31(33)34)7-8-22(19)30-12-11-29(17-23(21)30)24-15-26-9-10-27-24/h2-10,13,15,21,23H,11-12,14,16-17H2,1H3. The molecule has 2 atom stereocenters. The molecular formula is C25H26N6O3. The minimum atomic E-state index is -0.378. The number of nitro benzene ring substituents is 1. The summed E-state index contributed by atoms with van der Waals surface area (Å²) in [6.07, 6.45) is 5.53. The number of carbonyl (C=O) groups excluding carboxylic acids is 1. The zero-order chi connectivity index (χ0) is 23.7. The van der Waals surface area contributed by atoms with E-state index in [2.05, 4.69) is 19.8 Å². The van der Waals surface area contributed by atoms with Crippen LogP contribution < -0.4 is 9.80 Å². The lowest BCUT2D eigenvalue weighted by molar-refractivity contribution is -0.384. The lowest BCUT2D eigenvalue weighted by atomic mass is 9.82. The van der Waals surface area contributed by atoms with E-state index >= 15 is 0 Å². The minimum absolute atomic E-state index is 0.0389. The van der Waals surface area contributed by atoms with Crippen molar-refractivity contribution in [2.45, 2.75) is 19.0 Å². The second kappa shape index (κ2) is 9.09. The maximum atomic E-state index is 13.7. The second-order valence-electron chi connectivity index (χ2n) is 8.83. The van der Waals surface area contributed by atoms with E-state index in [4.69, 9.17) is 0 Å². The van der Waals surface area contributed by atoms with Crippen molar-refractivity contribution in [3.05, 3.63) is 88.4 Å². The number of hydrogen-bond acceptors (Lipinski definition) is 7. The van der Waals surface area contributed by atoms with Crippen LogP contribution in [-0.4, -0.2) is 58.4 Å². The van der Waals surface area contributed by atoms with E-state index < -0.39 is 0 Å². The van der Waals surface area contributed by atoms with Gasteiger partial charge in [0, 0.05) is 63.4 Å². The summed E-state index contributed by atoms with van der Waals surface area (Å²) in [6.45, 7) is 2.56. The van der Waals surface area contributed by atoms with Crippen LogP contribution in [-0.2, 0) is 17.8 Å². The van der Waals surface area contributed by atoms with Crippen LogP contribution in [0.4, 0.5) is 17.2 Å². The molecule has 1 aromatic heterocycles. The third-order valence-electron chi connectivity index (χ3n) is 6.74. The Kier molecular flexibility index (Phi) is 5.83. The molecule has 9 nitrogen and oxygen atoms in total. The Hall–Kier alpha value is -4.01. The fourth-order valence-electron chi connectivity index (χ4n) is 5.09. The quantitative estimate of drug-likeness (QED) is 0.428. The largest absolute Gasteiger partial charge is 0.364 e. The number of aromatic nitrogens is 2. The van der Waals surface area contributed by atoms with Gasteiger partial charge in [-0.3, -0.25) is 19.9 Å². The number of carbonyl (C=O) groups is 1. The maximum Gasteiger partial charge on any atom is 0.269 e. The number of hydrogen-bond donors (Lipinski definition) is 0. The summed E-state index contributed by atoms with van der Waals surface area (Å²) in [7, 11) is 1.83. The van der Waals surface area contributed by atoms with Gasteiger partial charge in [-0.2, -0.15) is 0 Å². The van der Waals surface area contributed by atoms with Gasteiger partial charge in [-0.15, -0.1) is 0 Å². The number of non-ortho nitro benzene ring substituents is 1. The molecule has 0 aliphatic carbocycles. The molecule has 174 valence electrons. The van der Waals surface area contributed by atoms with Crippen LogP contribution in [0.3, 0.4) is 0 Å². The summed E-state index contributed by atoms with van der Waals surface area (Å²) in [4.78, 5) is 39.6. The summed E-state index contributed by atoms with van der Waals surface area (Å²) < 4.78 is 0. The molecule has 3 heterocycles. The van der Waals surface area contributed by atoms with Gasteiger partial charge < -0.3 is 14.7 Å². The van der Waals surface area contributed by atoms with Crippen LogP contribution in [0.15, 0.2) is 67.1 Å². The molecule has 9 heteroatoms. The van der Waals surface area contributed by atoms with Gasteiger partial charge in [0.25, 0.3) is 5.69 Å². The number of rotatable bonds is 5. The highest BCUT2D eigenvalue weighted by Crippen LogP contribution is 2.39. The fourth-order valence-corrected chi connectivity index (χ4v) is 5.09. The zero-order valence-electron chi connectivity index (χ0n) is 18.9. The van der Waals surface area contributed by atoms with E-state index in [1.807, 2.05) is 43.4 Å². The van der Waals surface area contributed by atoms with Crippen LogP contribution in [0.1, 0.15) is 11.1 Å². The lowest BCUT2D eigenvalue weighted by Gasteiger charge is -2.49. The van der Waals surface area contributed by atoms with E-state index in [9.17, 15) is 14.9 Å². The number of anilines is 2. The number of benzene rings is 2. The Morgan fingerprint density at radius 3 is 2.74 bits per heavy atom. The molecule has 1 fully saturated rings. The van der Waals surface area contributed by atoms with E-state index in [-0.39, 0.29) is 28.5 Å². The van der Waals surface area contributed by atoms with Crippen molar-refractivity contribution in [2.24, 2.45) is 5.92 Å². The number of piperazine rings is 1. The first-order chi connectivity index (χ1) is 16.5. The van der Waals surface area contributed by atoms with E-state index in [0.29, 0.717) is 26.1 Å². The van der Waals surface area contributed by atoms with E-state index in [0.717, 1.165) is 29.2 Å². The number of nitrogens with zero attached hydrogens (tertiary/aromatic N) is 6. The summed E-state index contributed by atoms with van der Waals surface area (Å²) in [6, 6.07) is 14.8. The molecule has 3 aromatic rings. The van der Waals surface area contributed by atoms with Crippen LogP contribution in [0, 0.1) is 16.0 Å². The third kappa shape index (κ3) is 4.16. The number of fused-ring (bicyclic) bond motifs is 3. The Balaban J connectivity index is 1.47. The smallest absolute Gasteiger partial charge is 0.269 e. The normalized spacial score (nSPS) is 19.2. The minimum Gasteiger partial charge on any atom is -0.364 e. The van der Waals surface area contributed by atoms with Crippen molar-refractivity contribution in [3.8, 4) is 0 Å². The first kappa shape index (κ1) is 21.8. The molecule has 2 aromatic carbocycles. The second-order valence-corrected chi connectivity index (χ2v) is 8.83. The summed E-state index contributed by atoms with van der Waals surface area (Å²) in [5, 5.41) is 11.4. The predicted molar refractivity (Wildman–Crippen MR) is 129 cm³/mol. The van der Waals surface area contributed by atoms with Crippen molar-refractivity contribution >= 4 is 23.1 Å². The monoisotopic (exact) mass is 458 g/mol. The Morgan fingerprint density at radius 2 is 2.00 bits per heavy atom. The molecule has 0 bridgehead atoms. The van der Waals surface area contributed by atoms with Gasteiger partial charge in [-0.1, -0.05) is 30.3 Å². The van der Waals surface area contributed by atoms with Gasteiger partial charge in [0.1, 0.15) is 5.82 Å². The Bertz CT molecular complexity index is 1190. The molecule has 0 radical (unpaired) electrons. The van der Waals surface area contributed by atoms with Gasteiger partial charge in [-0.05, 0) is 23.6 Å². The average Bonchev–Trinajstić information content (AvgIpc) is 2.88. The van der Waals surface area contributed by atoms with E-state index in [1.165, 1.54) is 0 Å². The SMILES string of the molecule is CN(Cc1ccccc1)C(=O)C1Cc2cc([N+](=O)[O-])ccc2N2CCN(c3cnccn3)CC12. The summed E-state index contributed by atoms with van der Waals surface area (Å²) in [5.41, 5.74) is 2.94. The third-order valence-corrected chi connectivity index (χ3v) is 6.74. The Morgan fingerprint density at radius 1 is 1.18 bits per heavy atom. The molecule has 0 N–H and O–H groups in total. The van der Waals surface area contributed by atoms with Gasteiger partial charge in [0.05, 0.1) is 23.1 Å². The number of amides is 1. The first-order valence-corrected chi connectivity index (χ1v) is 11.3. The molecule has 0 spiro atoms. The lowest BCUT2D eigenvalue weighted by Crippen LogP contribution is -2.61. The number of nitro groups is 1.